The Balaban J connectivity index is 2.73. The second kappa shape index (κ2) is 2.16. The third kappa shape index (κ3) is 1.11. The van der Waals surface area contributed by atoms with E-state index in [9.17, 15) is 0 Å². The summed E-state index contributed by atoms with van der Waals surface area (Å²) in [5, 5.41) is 12.3. The molecule has 0 saturated carbocycles. The second-order valence-electron chi connectivity index (χ2n) is 1.34. The van der Waals surface area contributed by atoms with Gasteiger partial charge in [-0.25, -0.2) is 0 Å². The van der Waals surface area contributed by atoms with E-state index in [-0.39, 0.29) is 5.76 Å². The Bertz CT molecular complexity index is 158. The predicted molar refractivity (Wildman–Crippen MR) is 31.5 cm³/mol. The number of aliphatic hydroxyl groups is 1. The van der Waals surface area contributed by atoms with Gasteiger partial charge in [0.15, 0.2) is 0 Å². The molecule has 8 heavy (non-hydrogen) atoms. The highest BCUT2D eigenvalue weighted by molar-refractivity contribution is 5.75. The van der Waals surface area contributed by atoms with Crippen molar-refractivity contribution in [2.24, 2.45) is 5.10 Å². The van der Waals surface area contributed by atoms with E-state index in [1.54, 1.807) is 18.4 Å². The molecule has 0 aromatic rings. The van der Waals surface area contributed by atoms with Crippen molar-refractivity contribution in [3.8, 4) is 0 Å². The number of hydrogen-bond acceptors (Lipinski definition) is 3. The number of allylic oxidation sites excluding steroid dienone is 3. The van der Waals surface area contributed by atoms with Crippen molar-refractivity contribution >= 4 is 6.21 Å². The van der Waals surface area contributed by atoms with Crippen molar-refractivity contribution < 1.29 is 5.11 Å². The minimum Gasteiger partial charge on any atom is -0.506 e. The Kier molecular flexibility index (Phi) is 1.32. The largest absolute Gasteiger partial charge is 0.506 e. The minimum absolute atomic E-state index is 0.159. The molecule has 0 fully saturated rings. The van der Waals surface area contributed by atoms with Crippen LogP contribution in [-0.2, 0) is 0 Å². The first-order valence-corrected chi connectivity index (χ1v) is 2.24. The fourth-order valence-corrected chi connectivity index (χ4v) is 0.379. The molecule has 0 bridgehead atoms. The van der Waals surface area contributed by atoms with E-state index < -0.39 is 0 Å². The number of nitrogens with zero attached hydrogens (tertiary/aromatic N) is 1. The van der Waals surface area contributed by atoms with Gasteiger partial charge in [-0.15, -0.1) is 0 Å². The van der Waals surface area contributed by atoms with Gasteiger partial charge in [0.25, 0.3) is 0 Å². The lowest BCUT2D eigenvalue weighted by atomic mass is 10.4. The lowest BCUT2D eigenvalue weighted by molar-refractivity contribution is 0.446. The number of hydrazone groups is 1. The van der Waals surface area contributed by atoms with Gasteiger partial charge in [0.1, 0.15) is 5.76 Å². The summed E-state index contributed by atoms with van der Waals surface area (Å²) in [5.41, 5.74) is 2.55. The van der Waals surface area contributed by atoms with Crippen LogP contribution in [0.3, 0.4) is 0 Å². The fourth-order valence-electron chi connectivity index (χ4n) is 0.379. The van der Waals surface area contributed by atoms with Crippen LogP contribution in [-0.4, -0.2) is 11.3 Å². The summed E-state index contributed by atoms with van der Waals surface area (Å²) in [6.07, 6.45) is 6.17. The van der Waals surface area contributed by atoms with Gasteiger partial charge in [-0.1, -0.05) is 0 Å². The standard InChI is InChI=1S/C5H6N2O/c8-5-2-1-3-6-7-4-5/h1-4,6,8H. The molecule has 1 rings (SSSR count). The molecule has 3 nitrogen and oxygen atoms in total. The minimum atomic E-state index is 0.159. The average molecular weight is 110 g/mol. The van der Waals surface area contributed by atoms with E-state index in [4.69, 9.17) is 5.11 Å². The summed E-state index contributed by atoms with van der Waals surface area (Å²) >= 11 is 0. The molecule has 0 aliphatic carbocycles. The van der Waals surface area contributed by atoms with Crippen LogP contribution in [0.5, 0.6) is 0 Å². The summed E-state index contributed by atoms with van der Waals surface area (Å²) in [6.45, 7) is 0. The van der Waals surface area contributed by atoms with Crippen molar-refractivity contribution in [3.63, 3.8) is 0 Å². The Hall–Kier alpha value is -1.25. The van der Waals surface area contributed by atoms with Crippen LogP contribution in [0.15, 0.2) is 29.2 Å². The molecule has 3 heteroatoms. The fraction of sp³-hybridized carbons (Fsp3) is 0. The molecule has 0 spiro atoms. The first kappa shape index (κ1) is 4.90. The third-order valence-electron chi connectivity index (χ3n) is 0.709. The van der Waals surface area contributed by atoms with Crippen LogP contribution < -0.4 is 5.43 Å². The molecular formula is C5H6N2O. The molecule has 2 N–H and O–H groups in total. The number of rotatable bonds is 0. The Morgan fingerprint density at radius 1 is 1.62 bits per heavy atom. The summed E-state index contributed by atoms with van der Waals surface area (Å²) in [4.78, 5) is 0. The number of hydrogen-bond donors (Lipinski definition) is 2. The maximum absolute atomic E-state index is 8.71. The van der Waals surface area contributed by atoms with Crippen LogP contribution in [0.1, 0.15) is 0 Å². The third-order valence-corrected chi connectivity index (χ3v) is 0.709. The van der Waals surface area contributed by atoms with Gasteiger partial charge >= 0.3 is 0 Å². The molecule has 0 radical (unpaired) electrons. The van der Waals surface area contributed by atoms with Gasteiger partial charge in [-0.3, -0.25) is 5.43 Å². The van der Waals surface area contributed by atoms with Gasteiger partial charge in [-0.2, -0.15) is 5.10 Å². The SMILES string of the molecule is OC1=CC=CNN=C1. The van der Waals surface area contributed by atoms with Crippen LogP contribution in [0.25, 0.3) is 0 Å². The van der Waals surface area contributed by atoms with E-state index >= 15 is 0 Å². The van der Waals surface area contributed by atoms with Gasteiger partial charge in [-0.05, 0) is 12.2 Å². The Morgan fingerprint density at radius 3 is 3.38 bits per heavy atom. The smallest absolute Gasteiger partial charge is 0.135 e. The molecule has 42 valence electrons. The van der Waals surface area contributed by atoms with E-state index in [1.165, 1.54) is 6.21 Å². The number of aliphatic hydroxyl groups excluding tert-OH is 1. The highest BCUT2D eigenvalue weighted by Crippen LogP contribution is 1.86. The first-order valence-electron chi connectivity index (χ1n) is 2.24. The monoisotopic (exact) mass is 110 g/mol. The highest BCUT2D eigenvalue weighted by atomic mass is 16.3. The van der Waals surface area contributed by atoms with E-state index in [1.807, 2.05) is 0 Å². The van der Waals surface area contributed by atoms with E-state index in [2.05, 4.69) is 10.5 Å². The first-order chi connectivity index (χ1) is 3.89. The maximum atomic E-state index is 8.71. The molecule has 0 aromatic carbocycles. The molecule has 0 atom stereocenters. The lowest BCUT2D eigenvalue weighted by Crippen LogP contribution is -1.91. The summed E-state index contributed by atoms with van der Waals surface area (Å²) in [6, 6.07) is 0. The lowest BCUT2D eigenvalue weighted by Gasteiger charge is -1.82. The second-order valence-corrected chi connectivity index (χ2v) is 1.34. The predicted octanol–water partition coefficient (Wildman–Crippen LogP) is 0.531. The van der Waals surface area contributed by atoms with Crippen molar-refractivity contribution in [1.29, 1.82) is 0 Å². The zero-order chi connectivity index (χ0) is 5.82. The maximum Gasteiger partial charge on any atom is 0.135 e. The van der Waals surface area contributed by atoms with E-state index in [0.29, 0.717) is 0 Å². The molecule has 0 saturated heterocycles. The van der Waals surface area contributed by atoms with Crippen LogP contribution >= 0.6 is 0 Å². The normalized spacial score (nSPS) is 16.8. The van der Waals surface area contributed by atoms with Crippen LogP contribution in [0.4, 0.5) is 0 Å². The summed E-state index contributed by atoms with van der Waals surface area (Å²) in [7, 11) is 0. The zero-order valence-electron chi connectivity index (χ0n) is 4.20. The quantitative estimate of drug-likeness (QED) is 0.477. The summed E-state index contributed by atoms with van der Waals surface area (Å²) < 4.78 is 0. The highest BCUT2D eigenvalue weighted by Gasteiger charge is 1.83. The topological polar surface area (TPSA) is 44.6 Å². The molecule has 0 amide bonds. The van der Waals surface area contributed by atoms with Crippen molar-refractivity contribution in [2.75, 3.05) is 0 Å². The van der Waals surface area contributed by atoms with Gasteiger partial charge < -0.3 is 5.11 Å². The van der Waals surface area contributed by atoms with Gasteiger partial charge in [0.05, 0.1) is 6.21 Å². The van der Waals surface area contributed by atoms with Crippen molar-refractivity contribution in [1.82, 2.24) is 5.43 Å². The van der Waals surface area contributed by atoms with Crippen LogP contribution in [0.2, 0.25) is 0 Å². The molecule has 0 aromatic heterocycles. The number of nitrogens with one attached hydrogen (secondary N) is 1. The van der Waals surface area contributed by atoms with Gasteiger partial charge in [0.2, 0.25) is 0 Å². The Labute approximate surface area is 47.0 Å². The average Bonchev–Trinajstić information content (AvgIpc) is 1.94. The Morgan fingerprint density at radius 2 is 2.50 bits per heavy atom. The van der Waals surface area contributed by atoms with Crippen molar-refractivity contribution in [3.05, 3.63) is 24.1 Å². The molecule has 1 aliphatic heterocycles. The molecule has 0 unspecified atom stereocenters. The van der Waals surface area contributed by atoms with Gasteiger partial charge in [0, 0.05) is 6.20 Å². The zero-order valence-corrected chi connectivity index (χ0v) is 4.20. The molecule has 1 heterocycles. The molecule has 1 aliphatic rings. The van der Waals surface area contributed by atoms with E-state index in [0.717, 1.165) is 0 Å². The van der Waals surface area contributed by atoms with Crippen molar-refractivity contribution in [2.45, 2.75) is 0 Å². The van der Waals surface area contributed by atoms with Crippen LogP contribution in [0, 0.1) is 0 Å². The summed E-state index contributed by atoms with van der Waals surface area (Å²) in [5.74, 6) is 0.159. The molecular weight excluding hydrogens is 104 g/mol.